The predicted molar refractivity (Wildman–Crippen MR) is 83.4 cm³/mol. The highest BCUT2D eigenvalue weighted by molar-refractivity contribution is 6.31. The fourth-order valence-electron chi connectivity index (χ4n) is 3.12. The second kappa shape index (κ2) is 5.98. The minimum atomic E-state index is 0.246. The van der Waals surface area contributed by atoms with Gasteiger partial charge in [-0.05, 0) is 49.9 Å². The highest BCUT2D eigenvalue weighted by Gasteiger charge is 2.23. The SMILES string of the molecule is OCCC1CCCCN1c1ccnc2cc(Cl)ccc12. The zero-order valence-corrected chi connectivity index (χ0v) is 12.2. The van der Waals surface area contributed by atoms with Crippen LogP contribution in [0.25, 0.3) is 10.9 Å². The Kier molecular flexibility index (Phi) is 4.08. The third-order valence-corrected chi connectivity index (χ3v) is 4.32. The molecule has 0 radical (unpaired) electrons. The highest BCUT2D eigenvalue weighted by Crippen LogP contribution is 2.32. The Bertz CT molecular complexity index is 600. The second-order valence-corrected chi connectivity index (χ2v) is 5.78. The molecule has 1 saturated heterocycles. The van der Waals surface area contributed by atoms with Crippen LogP contribution in [0, 0.1) is 0 Å². The van der Waals surface area contributed by atoms with E-state index in [0.717, 1.165) is 30.3 Å². The van der Waals surface area contributed by atoms with E-state index in [1.165, 1.54) is 18.5 Å². The van der Waals surface area contributed by atoms with Crippen LogP contribution in [0.4, 0.5) is 5.69 Å². The molecule has 0 aliphatic carbocycles. The number of aromatic nitrogens is 1. The fraction of sp³-hybridized carbons (Fsp3) is 0.438. The highest BCUT2D eigenvalue weighted by atomic mass is 35.5. The van der Waals surface area contributed by atoms with E-state index in [1.807, 2.05) is 24.4 Å². The van der Waals surface area contributed by atoms with Gasteiger partial charge in [0.25, 0.3) is 0 Å². The lowest BCUT2D eigenvalue weighted by atomic mass is 9.98. The molecule has 0 saturated carbocycles. The minimum absolute atomic E-state index is 0.246. The number of fused-ring (bicyclic) bond motifs is 1. The van der Waals surface area contributed by atoms with Gasteiger partial charge in [-0.25, -0.2) is 0 Å². The van der Waals surface area contributed by atoms with Crippen LogP contribution in [-0.4, -0.2) is 29.3 Å². The molecule has 1 atom stereocenters. The van der Waals surface area contributed by atoms with Crippen LogP contribution < -0.4 is 4.90 Å². The standard InChI is InChI=1S/C16H19ClN2O/c17-12-4-5-14-15(11-12)18-8-6-16(14)19-9-2-1-3-13(19)7-10-20/h4-6,8,11,13,20H,1-3,7,9-10H2. The molecule has 1 N–H and O–H groups in total. The molecule has 0 amide bonds. The van der Waals surface area contributed by atoms with Crippen molar-refractivity contribution in [2.45, 2.75) is 31.7 Å². The van der Waals surface area contributed by atoms with Gasteiger partial charge in [0.05, 0.1) is 5.52 Å². The average Bonchev–Trinajstić information content (AvgIpc) is 2.47. The van der Waals surface area contributed by atoms with Crippen molar-refractivity contribution in [3.63, 3.8) is 0 Å². The van der Waals surface area contributed by atoms with E-state index in [1.54, 1.807) is 0 Å². The van der Waals surface area contributed by atoms with Gasteiger partial charge >= 0.3 is 0 Å². The molecule has 1 aliphatic heterocycles. The molecule has 0 bridgehead atoms. The first-order valence-electron chi connectivity index (χ1n) is 7.21. The summed E-state index contributed by atoms with van der Waals surface area (Å²) in [6.45, 7) is 1.29. The molecule has 20 heavy (non-hydrogen) atoms. The van der Waals surface area contributed by atoms with Crippen LogP contribution in [0.2, 0.25) is 5.02 Å². The van der Waals surface area contributed by atoms with Gasteiger partial charge < -0.3 is 10.0 Å². The number of pyridine rings is 1. The van der Waals surface area contributed by atoms with Crippen molar-refractivity contribution in [2.24, 2.45) is 0 Å². The number of benzene rings is 1. The van der Waals surface area contributed by atoms with E-state index in [2.05, 4.69) is 16.0 Å². The Balaban J connectivity index is 2.03. The number of nitrogens with zero attached hydrogens (tertiary/aromatic N) is 2. The van der Waals surface area contributed by atoms with Gasteiger partial charge in [-0.15, -0.1) is 0 Å². The van der Waals surface area contributed by atoms with Gasteiger partial charge in [-0.1, -0.05) is 11.6 Å². The number of rotatable bonds is 3. The Morgan fingerprint density at radius 3 is 3.05 bits per heavy atom. The number of piperidine rings is 1. The number of hydrogen-bond donors (Lipinski definition) is 1. The van der Waals surface area contributed by atoms with Crippen molar-refractivity contribution >= 4 is 28.2 Å². The quantitative estimate of drug-likeness (QED) is 0.938. The van der Waals surface area contributed by atoms with Crippen molar-refractivity contribution in [3.05, 3.63) is 35.5 Å². The van der Waals surface area contributed by atoms with Crippen LogP contribution >= 0.6 is 11.6 Å². The number of aliphatic hydroxyl groups excluding tert-OH is 1. The summed E-state index contributed by atoms with van der Waals surface area (Å²) < 4.78 is 0. The minimum Gasteiger partial charge on any atom is -0.396 e. The summed E-state index contributed by atoms with van der Waals surface area (Å²) in [6, 6.07) is 8.37. The van der Waals surface area contributed by atoms with Crippen molar-refractivity contribution in [3.8, 4) is 0 Å². The molecule has 3 rings (SSSR count). The maximum absolute atomic E-state index is 9.28. The van der Waals surface area contributed by atoms with Crippen LogP contribution in [0.15, 0.2) is 30.5 Å². The lowest BCUT2D eigenvalue weighted by Crippen LogP contribution is -2.40. The summed E-state index contributed by atoms with van der Waals surface area (Å²) in [6.07, 6.45) is 6.28. The third kappa shape index (κ3) is 2.60. The molecule has 0 spiro atoms. The Labute approximate surface area is 124 Å². The average molecular weight is 291 g/mol. The molecule has 1 unspecified atom stereocenters. The molecule has 106 valence electrons. The molecule has 1 fully saturated rings. The maximum atomic E-state index is 9.28. The van der Waals surface area contributed by atoms with Crippen molar-refractivity contribution in [1.29, 1.82) is 0 Å². The van der Waals surface area contributed by atoms with Gasteiger partial charge in [-0.3, -0.25) is 4.98 Å². The number of halogens is 1. The van der Waals surface area contributed by atoms with E-state index in [0.29, 0.717) is 11.1 Å². The van der Waals surface area contributed by atoms with Gasteiger partial charge in [0.1, 0.15) is 0 Å². The molecular weight excluding hydrogens is 272 g/mol. The topological polar surface area (TPSA) is 36.4 Å². The molecule has 4 heteroatoms. The summed E-state index contributed by atoms with van der Waals surface area (Å²) in [5.41, 5.74) is 2.15. The smallest absolute Gasteiger partial charge is 0.0737 e. The number of aliphatic hydroxyl groups is 1. The second-order valence-electron chi connectivity index (χ2n) is 5.35. The predicted octanol–water partition coefficient (Wildman–Crippen LogP) is 3.63. The first-order chi connectivity index (χ1) is 9.79. The monoisotopic (exact) mass is 290 g/mol. The van der Waals surface area contributed by atoms with Crippen molar-refractivity contribution < 1.29 is 5.11 Å². The number of anilines is 1. The normalized spacial score (nSPS) is 19.5. The third-order valence-electron chi connectivity index (χ3n) is 4.08. The Morgan fingerprint density at radius 2 is 2.20 bits per heavy atom. The zero-order chi connectivity index (χ0) is 13.9. The summed E-state index contributed by atoms with van der Waals surface area (Å²) in [5, 5.41) is 11.1. The Hall–Kier alpha value is -1.32. The fourth-order valence-corrected chi connectivity index (χ4v) is 3.29. The van der Waals surface area contributed by atoms with Gasteiger partial charge in [0, 0.05) is 41.5 Å². The molecule has 1 aromatic heterocycles. The molecular formula is C16H19ClN2O. The van der Waals surface area contributed by atoms with Crippen LogP contribution in [-0.2, 0) is 0 Å². The van der Waals surface area contributed by atoms with Gasteiger partial charge in [0.15, 0.2) is 0 Å². The summed E-state index contributed by atoms with van der Waals surface area (Å²) >= 11 is 6.05. The summed E-state index contributed by atoms with van der Waals surface area (Å²) in [4.78, 5) is 6.84. The lowest BCUT2D eigenvalue weighted by molar-refractivity contribution is 0.262. The van der Waals surface area contributed by atoms with Gasteiger partial charge in [-0.2, -0.15) is 0 Å². The van der Waals surface area contributed by atoms with E-state index in [9.17, 15) is 5.11 Å². The van der Waals surface area contributed by atoms with E-state index >= 15 is 0 Å². The molecule has 1 aliphatic rings. The first-order valence-corrected chi connectivity index (χ1v) is 7.59. The summed E-state index contributed by atoms with van der Waals surface area (Å²) in [5.74, 6) is 0. The zero-order valence-electron chi connectivity index (χ0n) is 11.4. The van der Waals surface area contributed by atoms with Crippen LogP contribution in [0.3, 0.4) is 0 Å². The largest absolute Gasteiger partial charge is 0.396 e. The molecule has 2 heterocycles. The molecule has 3 nitrogen and oxygen atoms in total. The van der Waals surface area contributed by atoms with Crippen molar-refractivity contribution in [2.75, 3.05) is 18.1 Å². The van der Waals surface area contributed by atoms with Crippen molar-refractivity contribution in [1.82, 2.24) is 4.98 Å². The first kappa shape index (κ1) is 13.7. The maximum Gasteiger partial charge on any atom is 0.0737 e. The Morgan fingerprint density at radius 1 is 1.30 bits per heavy atom. The lowest BCUT2D eigenvalue weighted by Gasteiger charge is -2.38. The summed E-state index contributed by atoms with van der Waals surface area (Å²) in [7, 11) is 0. The van der Waals surface area contributed by atoms with E-state index in [4.69, 9.17) is 11.6 Å². The number of hydrogen-bond acceptors (Lipinski definition) is 3. The van der Waals surface area contributed by atoms with E-state index in [-0.39, 0.29) is 6.61 Å². The van der Waals surface area contributed by atoms with E-state index < -0.39 is 0 Å². The van der Waals surface area contributed by atoms with Crippen LogP contribution in [0.5, 0.6) is 0 Å². The van der Waals surface area contributed by atoms with Gasteiger partial charge in [0.2, 0.25) is 0 Å². The van der Waals surface area contributed by atoms with Crippen LogP contribution in [0.1, 0.15) is 25.7 Å². The molecule has 1 aromatic carbocycles. The molecule has 2 aromatic rings.